The molecule has 0 atom stereocenters. The molecule has 3 rings (SSSR count). The molecule has 18 heavy (non-hydrogen) atoms. The van der Waals surface area contributed by atoms with Gasteiger partial charge in [-0.25, -0.2) is 0 Å². The number of nitrogens with zero attached hydrogens (tertiary/aromatic N) is 2. The Morgan fingerprint density at radius 3 is 2.00 bits per heavy atom. The Bertz CT molecular complexity index is 351. The average molecular weight is 248 g/mol. The Balaban J connectivity index is 1.49. The highest BCUT2D eigenvalue weighted by atomic mass is 16.2. The minimum Gasteiger partial charge on any atom is -0.343 e. The molecular formula is C15H24N2O. The Labute approximate surface area is 110 Å². The zero-order valence-electron chi connectivity index (χ0n) is 11.5. The number of allylic oxidation sites excluding steroid dienone is 1. The Hall–Kier alpha value is -0.830. The highest BCUT2D eigenvalue weighted by Gasteiger charge is 2.28. The van der Waals surface area contributed by atoms with Crippen molar-refractivity contribution in [2.24, 2.45) is 0 Å². The summed E-state index contributed by atoms with van der Waals surface area (Å²) >= 11 is 0. The Morgan fingerprint density at radius 2 is 1.50 bits per heavy atom. The van der Waals surface area contributed by atoms with E-state index in [1.165, 1.54) is 51.6 Å². The lowest BCUT2D eigenvalue weighted by atomic mass is 9.97. The normalized spacial score (nSPS) is 26.6. The van der Waals surface area contributed by atoms with Gasteiger partial charge in [0.15, 0.2) is 0 Å². The number of carbonyl (C=O) groups excluding carboxylic acids is 1. The highest BCUT2D eigenvalue weighted by Crippen LogP contribution is 2.36. The molecule has 100 valence electrons. The number of likely N-dealkylation sites (tertiary alicyclic amines) is 2. The Morgan fingerprint density at radius 1 is 0.944 bits per heavy atom. The molecule has 1 saturated carbocycles. The van der Waals surface area contributed by atoms with Gasteiger partial charge < -0.3 is 4.90 Å². The molecule has 2 aliphatic heterocycles. The molecule has 3 fully saturated rings. The molecule has 0 bridgehead atoms. The summed E-state index contributed by atoms with van der Waals surface area (Å²) in [7, 11) is 0. The van der Waals surface area contributed by atoms with E-state index in [0.717, 1.165) is 19.1 Å². The van der Waals surface area contributed by atoms with Gasteiger partial charge in [-0.2, -0.15) is 0 Å². The summed E-state index contributed by atoms with van der Waals surface area (Å²) in [6.07, 6.45) is 7.72. The van der Waals surface area contributed by atoms with E-state index in [2.05, 4.69) is 4.90 Å². The van der Waals surface area contributed by atoms with E-state index in [0.29, 0.717) is 0 Å². The first-order valence-electron chi connectivity index (χ1n) is 7.43. The predicted molar refractivity (Wildman–Crippen MR) is 72.3 cm³/mol. The topological polar surface area (TPSA) is 23.6 Å². The van der Waals surface area contributed by atoms with Crippen molar-refractivity contribution in [2.45, 2.75) is 51.5 Å². The molecule has 0 spiro atoms. The van der Waals surface area contributed by atoms with E-state index in [-0.39, 0.29) is 5.91 Å². The van der Waals surface area contributed by atoms with Gasteiger partial charge in [0.25, 0.3) is 0 Å². The number of hydrogen-bond donors (Lipinski definition) is 0. The van der Waals surface area contributed by atoms with Crippen LogP contribution in [0.2, 0.25) is 0 Å². The molecule has 3 aliphatic rings. The van der Waals surface area contributed by atoms with Crippen LogP contribution in [0.3, 0.4) is 0 Å². The van der Waals surface area contributed by atoms with Crippen molar-refractivity contribution in [2.75, 3.05) is 26.2 Å². The molecule has 0 N–H and O–H groups in total. The van der Waals surface area contributed by atoms with E-state index < -0.39 is 0 Å². The predicted octanol–water partition coefficient (Wildman–Crippen LogP) is 2.18. The molecule has 0 aromatic rings. The first-order chi connectivity index (χ1) is 8.74. The smallest absolute Gasteiger partial charge is 0.219 e. The fourth-order valence-corrected chi connectivity index (χ4v) is 3.47. The molecule has 1 amide bonds. The average Bonchev–Trinajstić information content (AvgIpc) is 3.23. The van der Waals surface area contributed by atoms with Crippen molar-refractivity contribution in [1.29, 1.82) is 0 Å². The largest absolute Gasteiger partial charge is 0.343 e. The maximum absolute atomic E-state index is 11.3. The van der Waals surface area contributed by atoms with Crippen molar-refractivity contribution in [3.63, 3.8) is 0 Å². The summed E-state index contributed by atoms with van der Waals surface area (Å²) in [5, 5.41) is 0. The van der Waals surface area contributed by atoms with Crippen LogP contribution in [-0.2, 0) is 4.79 Å². The quantitative estimate of drug-likeness (QED) is 0.664. The van der Waals surface area contributed by atoms with Crippen molar-refractivity contribution >= 4 is 5.91 Å². The summed E-state index contributed by atoms with van der Waals surface area (Å²) in [4.78, 5) is 16.0. The molecular weight excluding hydrogens is 224 g/mol. The van der Waals surface area contributed by atoms with Gasteiger partial charge in [-0.1, -0.05) is 11.1 Å². The van der Waals surface area contributed by atoms with Gasteiger partial charge in [0, 0.05) is 39.1 Å². The van der Waals surface area contributed by atoms with Gasteiger partial charge in [-0.15, -0.1) is 0 Å². The maximum atomic E-state index is 11.3. The minimum absolute atomic E-state index is 0.243. The number of rotatable bonds is 1. The van der Waals surface area contributed by atoms with E-state index in [1.54, 1.807) is 18.1 Å². The summed E-state index contributed by atoms with van der Waals surface area (Å²) in [6.45, 7) is 6.12. The molecule has 3 heteroatoms. The van der Waals surface area contributed by atoms with Crippen LogP contribution in [0, 0.1) is 0 Å². The second-order valence-electron chi connectivity index (χ2n) is 5.98. The first kappa shape index (κ1) is 12.2. The summed E-state index contributed by atoms with van der Waals surface area (Å²) in [5.74, 6) is 0.243. The molecule has 3 nitrogen and oxygen atoms in total. The van der Waals surface area contributed by atoms with Crippen LogP contribution >= 0.6 is 0 Å². The van der Waals surface area contributed by atoms with E-state index in [4.69, 9.17) is 0 Å². The number of piperidine rings is 2. The zero-order valence-corrected chi connectivity index (χ0v) is 11.5. The Kier molecular flexibility index (Phi) is 3.42. The molecule has 0 aromatic heterocycles. The summed E-state index contributed by atoms with van der Waals surface area (Å²) in [6, 6.07) is 0.728. The number of hydrogen-bond acceptors (Lipinski definition) is 2. The molecule has 2 saturated heterocycles. The van der Waals surface area contributed by atoms with Gasteiger partial charge in [0.1, 0.15) is 0 Å². The third kappa shape index (κ3) is 2.61. The first-order valence-corrected chi connectivity index (χ1v) is 7.43. The fourth-order valence-electron chi connectivity index (χ4n) is 3.47. The zero-order chi connectivity index (χ0) is 12.5. The lowest BCUT2D eigenvalue weighted by molar-refractivity contribution is -0.130. The number of carbonyl (C=O) groups is 1. The standard InChI is InChI=1S/C15H24N2O/c1-12(18)16-10-6-15(7-11-16)17-8-4-14(5-9-17)13-2-3-13/h15H,2-11H2,1H3. The second kappa shape index (κ2) is 5.04. The third-order valence-electron chi connectivity index (χ3n) is 4.83. The van der Waals surface area contributed by atoms with Crippen molar-refractivity contribution in [1.82, 2.24) is 9.80 Å². The molecule has 0 aromatic carbocycles. The van der Waals surface area contributed by atoms with Crippen LogP contribution < -0.4 is 0 Å². The lowest BCUT2D eigenvalue weighted by Crippen LogP contribution is -2.47. The van der Waals surface area contributed by atoms with Crippen LogP contribution in [-0.4, -0.2) is 47.9 Å². The molecule has 1 aliphatic carbocycles. The lowest BCUT2D eigenvalue weighted by Gasteiger charge is -2.40. The monoisotopic (exact) mass is 248 g/mol. The van der Waals surface area contributed by atoms with Crippen molar-refractivity contribution < 1.29 is 4.79 Å². The van der Waals surface area contributed by atoms with Gasteiger partial charge in [0.2, 0.25) is 5.91 Å². The van der Waals surface area contributed by atoms with Crippen molar-refractivity contribution in [3.8, 4) is 0 Å². The van der Waals surface area contributed by atoms with Crippen LogP contribution in [0.25, 0.3) is 0 Å². The minimum atomic E-state index is 0.243. The fraction of sp³-hybridized carbons (Fsp3) is 0.800. The van der Waals surface area contributed by atoms with Crippen molar-refractivity contribution in [3.05, 3.63) is 11.1 Å². The highest BCUT2D eigenvalue weighted by molar-refractivity contribution is 5.73. The third-order valence-corrected chi connectivity index (χ3v) is 4.83. The van der Waals surface area contributed by atoms with Crippen LogP contribution in [0.1, 0.15) is 45.4 Å². The van der Waals surface area contributed by atoms with E-state index in [9.17, 15) is 4.79 Å². The summed E-state index contributed by atoms with van der Waals surface area (Å²) in [5.41, 5.74) is 3.54. The van der Waals surface area contributed by atoms with Gasteiger partial charge >= 0.3 is 0 Å². The SMILES string of the molecule is CC(=O)N1CCC(N2CCC(=C3CC3)CC2)CC1. The second-order valence-corrected chi connectivity index (χ2v) is 5.98. The molecule has 2 heterocycles. The van der Waals surface area contributed by atoms with Crippen LogP contribution in [0.4, 0.5) is 0 Å². The number of amides is 1. The van der Waals surface area contributed by atoms with Gasteiger partial charge in [-0.05, 0) is 38.5 Å². The van der Waals surface area contributed by atoms with E-state index in [1.807, 2.05) is 4.90 Å². The molecule has 0 unspecified atom stereocenters. The van der Waals surface area contributed by atoms with Crippen LogP contribution in [0.5, 0.6) is 0 Å². The van der Waals surface area contributed by atoms with Gasteiger partial charge in [0.05, 0.1) is 0 Å². The molecule has 0 radical (unpaired) electrons. The van der Waals surface area contributed by atoms with Gasteiger partial charge in [-0.3, -0.25) is 9.69 Å². The van der Waals surface area contributed by atoms with Crippen LogP contribution in [0.15, 0.2) is 11.1 Å². The summed E-state index contributed by atoms with van der Waals surface area (Å²) < 4.78 is 0. The van der Waals surface area contributed by atoms with E-state index >= 15 is 0 Å². The maximum Gasteiger partial charge on any atom is 0.219 e.